The topological polar surface area (TPSA) is 52.4 Å². The van der Waals surface area contributed by atoms with Crippen LogP contribution >= 0.6 is 0 Å². The minimum atomic E-state index is -0.392. The van der Waals surface area contributed by atoms with Crippen molar-refractivity contribution >= 4 is 6.08 Å². The van der Waals surface area contributed by atoms with E-state index in [1.165, 1.54) is 6.92 Å². The molecule has 2 aromatic carbocycles. The Bertz CT molecular complexity index is 663. The third kappa shape index (κ3) is 3.92. The van der Waals surface area contributed by atoms with E-state index < -0.39 is 4.92 Å². The van der Waals surface area contributed by atoms with Crippen LogP contribution in [0, 0.1) is 17.0 Å². The fourth-order valence-corrected chi connectivity index (χ4v) is 1.96. The molecule has 2 rings (SSSR count). The molecule has 0 bridgehead atoms. The van der Waals surface area contributed by atoms with Crippen molar-refractivity contribution in [2.45, 2.75) is 20.5 Å². The highest BCUT2D eigenvalue weighted by Gasteiger charge is 2.07. The number of ether oxygens (including phenoxy) is 1. The molecular weight excluding hydrogens is 266 g/mol. The van der Waals surface area contributed by atoms with Gasteiger partial charge in [-0.15, -0.1) is 0 Å². The second-order valence-corrected chi connectivity index (χ2v) is 4.79. The first kappa shape index (κ1) is 14.8. The Balaban J connectivity index is 2.18. The molecule has 0 aliphatic heterocycles. The van der Waals surface area contributed by atoms with E-state index in [0.717, 1.165) is 22.4 Å². The first-order valence-electron chi connectivity index (χ1n) is 6.67. The number of hydrogen-bond acceptors (Lipinski definition) is 3. The molecule has 4 nitrogen and oxygen atoms in total. The van der Waals surface area contributed by atoms with Crippen molar-refractivity contribution in [1.82, 2.24) is 0 Å². The van der Waals surface area contributed by atoms with Gasteiger partial charge in [0, 0.05) is 13.0 Å². The Morgan fingerprint density at radius 3 is 2.57 bits per heavy atom. The Labute approximate surface area is 123 Å². The maximum absolute atomic E-state index is 10.7. The molecule has 4 heteroatoms. The van der Waals surface area contributed by atoms with Gasteiger partial charge in [-0.1, -0.05) is 42.5 Å². The molecule has 2 aromatic rings. The van der Waals surface area contributed by atoms with Crippen molar-refractivity contribution in [1.29, 1.82) is 0 Å². The number of allylic oxidation sites excluding steroid dienone is 1. The average molecular weight is 283 g/mol. The summed E-state index contributed by atoms with van der Waals surface area (Å²) >= 11 is 0. The summed E-state index contributed by atoms with van der Waals surface area (Å²) in [6.45, 7) is 3.86. The van der Waals surface area contributed by atoms with Crippen molar-refractivity contribution < 1.29 is 9.66 Å². The third-order valence-corrected chi connectivity index (χ3v) is 3.22. The highest BCUT2D eigenvalue weighted by Crippen LogP contribution is 2.24. The van der Waals surface area contributed by atoms with E-state index in [4.69, 9.17) is 4.74 Å². The predicted octanol–water partition coefficient (Wildman–Crippen LogP) is 4.21. The van der Waals surface area contributed by atoms with Crippen molar-refractivity contribution in [3.05, 3.63) is 81.0 Å². The lowest BCUT2D eigenvalue weighted by atomic mass is 10.1. The molecule has 0 heterocycles. The van der Waals surface area contributed by atoms with Crippen LogP contribution in [-0.2, 0) is 6.61 Å². The van der Waals surface area contributed by atoms with Crippen LogP contribution in [0.4, 0.5) is 0 Å². The van der Waals surface area contributed by atoms with Gasteiger partial charge in [-0.25, -0.2) is 0 Å². The fourth-order valence-electron chi connectivity index (χ4n) is 1.96. The van der Waals surface area contributed by atoms with Crippen LogP contribution in [0.25, 0.3) is 6.08 Å². The van der Waals surface area contributed by atoms with Gasteiger partial charge in [-0.05, 0) is 29.7 Å². The number of benzene rings is 2. The second kappa shape index (κ2) is 6.70. The highest BCUT2D eigenvalue weighted by atomic mass is 16.6. The van der Waals surface area contributed by atoms with Crippen LogP contribution in [-0.4, -0.2) is 4.92 Å². The minimum Gasteiger partial charge on any atom is -0.489 e. The smallest absolute Gasteiger partial charge is 0.243 e. The van der Waals surface area contributed by atoms with E-state index in [0.29, 0.717) is 6.61 Å². The molecule has 21 heavy (non-hydrogen) atoms. The van der Waals surface area contributed by atoms with Crippen molar-refractivity contribution in [3.63, 3.8) is 0 Å². The first-order valence-corrected chi connectivity index (χ1v) is 6.67. The number of nitro groups is 1. The standard InChI is InChI=1S/C17H17NO3/c1-13(18(19)20)11-16-9-6-10-17(14(16)2)21-12-15-7-4-3-5-8-15/h3-11H,12H2,1-2H3. The lowest BCUT2D eigenvalue weighted by Gasteiger charge is -2.11. The molecule has 0 radical (unpaired) electrons. The molecule has 0 spiro atoms. The fraction of sp³-hybridized carbons (Fsp3) is 0.176. The summed E-state index contributed by atoms with van der Waals surface area (Å²) in [5.41, 5.74) is 2.89. The zero-order chi connectivity index (χ0) is 15.2. The summed E-state index contributed by atoms with van der Waals surface area (Å²) in [5.74, 6) is 0.740. The summed E-state index contributed by atoms with van der Waals surface area (Å²) in [7, 11) is 0. The Kier molecular flexibility index (Phi) is 4.72. The lowest BCUT2D eigenvalue weighted by molar-refractivity contribution is -0.422. The summed E-state index contributed by atoms with van der Waals surface area (Å²) < 4.78 is 5.81. The molecule has 0 aliphatic rings. The van der Waals surface area contributed by atoms with Crippen LogP contribution in [0.3, 0.4) is 0 Å². The van der Waals surface area contributed by atoms with Crippen molar-refractivity contribution in [2.24, 2.45) is 0 Å². The van der Waals surface area contributed by atoms with E-state index in [1.54, 1.807) is 6.08 Å². The SMILES string of the molecule is CC(=Cc1cccc(OCc2ccccc2)c1C)[N+](=O)[O-]. The highest BCUT2D eigenvalue weighted by molar-refractivity contribution is 5.58. The molecule has 0 unspecified atom stereocenters. The largest absolute Gasteiger partial charge is 0.489 e. The summed E-state index contributed by atoms with van der Waals surface area (Å²) in [4.78, 5) is 10.3. The molecule has 0 atom stereocenters. The van der Waals surface area contributed by atoms with Gasteiger partial charge in [0.05, 0.1) is 4.92 Å². The monoisotopic (exact) mass is 283 g/mol. The maximum atomic E-state index is 10.7. The summed E-state index contributed by atoms with van der Waals surface area (Å²) in [6.07, 6.45) is 1.56. The normalized spacial score (nSPS) is 11.2. The Morgan fingerprint density at radius 2 is 1.90 bits per heavy atom. The molecule has 0 amide bonds. The van der Waals surface area contributed by atoms with Gasteiger partial charge < -0.3 is 4.74 Å². The zero-order valence-corrected chi connectivity index (χ0v) is 12.1. The molecular formula is C17H17NO3. The van der Waals surface area contributed by atoms with E-state index in [1.807, 2.05) is 55.5 Å². The molecule has 0 aromatic heterocycles. The Hall–Kier alpha value is -2.62. The molecule has 0 saturated carbocycles. The van der Waals surface area contributed by atoms with Gasteiger partial charge in [-0.2, -0.15) is 0 Å². The van der Waals surface area contributed by atoms with Crippen LogP contribution in [0.1, 0.15) is 23.6 Å². The Morgan fingerprint density at radius 1 is 1.19 bits per heavy atom. The predicted molar refractivity (Wildman–Crippen MR) is 82.6 cm³/mol. The van der Waals surface area contributed by atoms with E-state index in [-0.39, 0.29) is 5.70 Å². The summed E-state index contributed by atoms with van der Waals surface area (Å²) in [6, 6.07) is 15.4. The van der Waals surface area contributed by atoms with Crippen LogP contribution in [0.2, 0.25) is 0 Å². The third-order valence-electron chi connectivity index (χ3n) is 3.22. The number of hydrogen-bond donors (Lipinski definition) is 0. The van der Waals surface area contributed by atoms with Gasteiger partial charge in [-0.3, -0.25) is 10.1 Å². The van der Waals surface area contributed by atoms with Crippen LogP contribution < -0.4 is 4.74 Å². The number of rotatable bonds is 5. The van der Waals surface area contributed by atoms with E-state index >= 15 is 0 Å². The van der Waals surface area contributed by atoms with Gasteiger partial charge in [0.25, 0.3) is 0 Å². The maximum Gasteiger partial charge on any atom is 0.243 e. The molecule has 0 saturated heterocycles. The minimum absolute atomic E-state index is 0.110. The van der Waals surface area contributed by atoms with Gasteiger partial charge in [0.15, 0.2) is 0 Å². The van der Waals surface area contributed by atoms with Gasteiger partial charge in [0.2, 0.25) is 5.70 Å². The van der Waals surface area contributed by atoms with E-state index in [2.05, 4.69) is 0 Å². The second-order valence-electron chi connectivity index (χ2n) is 4.79. The van der Waals surface area contributed by atoms with Gasteiger partial charge >= 0.3 is 0 Å². The van der Waals surface area contributed by atoms with Gasteiger partial charge in [0.1, 0.15) is 12.4 Å². The zero-order valence-electron chi connectivity index (χ0n) is 12.1. The van der Waals surface area contributed by atoms with E-state index in [9.17, 15) is 10.1 Å². The molecule has 0 fully saturated rings. The molecule has 0 aliphatic carbocycles. The van der Waals surface area contributed by atoms with Crippen LogP contribution in [0.5, 0.6) is 5.75 Å². The quantitative estimate of drug-likeness (QED) is 0.610. The van der Waals surface area contributed by atoms with Crippen molar-refractivity contribution in [2.75, 3.05) is 0 Å². The first-order chi connectivity index (χ1) is 10.1. The van der Waals surface area contributed by atoms with Crippen molar-refractivity contribution in [3.8, 4) is 5.75 Å². The molecule has 108 valence electrons. The average Bonchev–Trinajstić information content (AvgIpc) is 2.49. The van der Waals surface area contributed by atoms with Crippen LogP contribution in [0.15, 0.2) is 54.2 Å². The lowest BCUT2D eigenvalue weighted by Crippen LogP contribution is -1.98. The number of nitrogens with zero attached hydrogens (tertiary/aromatic N) is 1. The summed E-state index contributed by atoms with van der Waals surface area (Å²) in [5, 5.41) is 10.7. The molecule has 0 N–H and O–H groups in total.